The zero-order chi connectivity index (χ0) is 25.5. The van der Waals surface area contributed by atoms with Crippen LogP contribution in [0.15, 0.2) is 0 Å². The lowest BCUT2D eigenvalue weighted by Crippen LogP contribution is -2.49. The van der Waals surface area contributed by atoms with Crippen LogP contribution in [0.25, 0.3) is 0 Å². The minimum absolute atomic E-state index is 0.135. The average molecular weight is 553 g/mol. The Morgan fingerprint density at radius 3 is 1.50 bits per heavy atom. The molecule has 0 amide bonds. The first-order valence-electron chi connectivity index (χ1n) is 11.5. The lowest BCUT2D eigenvalue weighted by atomic mass is 10.1. The molecular weight excluding hydrogens is 517 g/mol. The Labute approximate surface area is 221 Å². The number of nitrogens with zero attached hydrogens (tertiary/aromatic N) is 2. The summed E-state index contributed by atoms with van der Waals surface area (Å²) in [6.07, 6.45) is 4.78. The van der Waals surface area contributed by atoms with Gasteiger partial charge in [0.2, 0.25) is 0 Å². The number of rotatable bonds is 13. The summed E-state index contributed by atoms with van der Waals surface area (Å²) in [4.78, 5) is 25.7. The van der Waals surface area contributed by atoms with Gasteiger partial charge in [-0.3, -0.25) is 9.59 Å². The van der Waals surface area contributed by atoms with Gasteiger partial charge >= 0.3 is 11.9 Å². The van der Waals surface area contributed by atoms with Gasteiger partial charge in [-0.1, -0.05) is 60.8 Å². The summed E-state index contributed by atoms with van der Waals surface area (Å²) in [6.45, 7) is 8.15. The van der Waals surface area contributed by atoms with E-state index in [1.54, 1.807) is 13.8 Å². The van der Waals surface area contributed by atoms with E-state index in [-0.39, 0.29) is 35.7 Å². The van der Waals surface area contributed by atoms with E-state index in [9.17, 15) is 19.8 Å². The van der Waals surface area contributed by atoms with E-state index in [1.165, 1.54) is 37.4 Å². The SMILES string of the molecule is CC(=O)OCCC1SC(=S)N(CCCCCCN2C(=S)SC(CCOC(C)=O)C2(C)O)C1(C)O. The van der Waals surface area contributed by atoms with Gasteiger partial charge in [0.15, 0.2) is 0 Å². The zero-order valence-corrected chi connectivity index (χ0v) is 23.5. The van der Waals surface area contributed by atoms with Crippen LogP contribution in [0.1, 0.15) is 66.2 Å². The predicted molar refractivity (Wildman–Crippen MR) is 144 cm³/mol. The van der Waals surface area contributed by atoms with Crippen molar-refractivity contribution in [1.29, 1.82) is 0 Å². The summed E-state index contributed by atoms with van der Waals surface area (Å²) in [5.41, 5.74) is -2.14. The second-order valence-corrected chi connectivity index (χ2v) is 12.6. The second kappa shape index (κ2) is 13.0. The highest BCUT2D eigenvalue weighted by atomic mass is 32.2. The summed E-state index contributed by atoms with van der Waals surface area (Å²) in [6, 6.07) is 0. The van der Waals surface area contributed by atoms with E-state index >= 15 is 0 Å². The Morgan fingerprint density at radius 1 is 0.824 bits per heavy atom. The molecule has 194 valence electrons. The largest absolute Gasteiger partial charge is 0.466 e. The smallest absolute Gasteiger partial charge is 0.302 e. The van der Waals surface area contributed by atoms with E-state index in [4.69, 9.17) is 33.9 Å². The minimum atomic E-state index is -1.07. The fraction of sp³-hybridized carbons (Fsp3) is 0.818. The molecule has 4 unspecified atom stereocenters. The van der Waals surface area contributed by atoms with Crippen LogP contribution in [0.4, 0.5) is 0 Å². The summed E-state index contributed by atoms with van der Waals surface area (Å²) in [5.74, 6) is -0.649. The molecule has 2 heterocycles. The van der Waals surface area contributed by atoms with Crippen LogP contribution in [0, 0.1) is 0 Å². The summed E-state index contributed by atoms with van der Waals surface area (Å²) in [7, 11) is 0. The number of thioether (sulfide) groups is 2. The number of ether oxygens (including phenoxy) is 2. The number of carbonyl (C=O) groups excluding carboxylic acids is 2. The molecule has 2 rings (SSSR count). The molecule has 2 aliphatic heterocycles. The van der Waals surface area contributed by atoms with Crippen molar-refractivity contribution in [3.63, 3.8) is 0 Å². The molecule has 4 atom stereocenters. The average Bonchev–Trinajstić information content (AvgIpc) is 3.06. The van der Waals surface area contributed by atoms with Crippen molar-refractivity contribution < 1.29 is 29.3 Å². The highest BCUT2D eigenvalue weighted by molar-refractivity contribution is 8.24. The van der Waals surface area contributed by atoms with Crippen LogP contribution >= 0.6 is 48.0 Å². The van der Waals surface area contributed by atoms with Crippen LogP contribution < -0.4 is 0 Å². The Morgan fingerprint density at radius 2 is 1.18 bits per heavy atom. The summed E-state index contributed by atoms with van der Waals surface area (Å²) in [5, 5.41) is 21.7. The molecule has 0 bridgehead atoms. The first kappa shape index (κ1) is 29.6. The number of esters is 2. The van der Waals surface area contributed by atoms with E-state index in [0.29, 0.717) is 34.6 Å². The topological polar surface area (TPSA) is 99.5 Å². The van der Waals surface area contributed by atoms with Crippen molar-refractivity contribution in [2.45, 2.75) is 88.2 Å². The van der Waals surface area contributed by atoms with Gasteiger partial charge < -0.3 is 29.5 Å². The molecule has 0 radical (unpaired) electrons. The third-order valence-corrected chi connectivity index (χ3v) is 9.92. The molecule has 0 aromatic rings. The van der Waals surface area contributed by atoms with Crippen molar-refractivity contribution >= 4 is 68.5 Å². The van der Waals surface area contributed by atoms with Crippen molar-refractivity contribution in [3.8, 4) is 0 Å². The number of hydrogen-bond donors (Lipinski definition) is 2. The molecule has 0 saturated carbocycles. The van der Waals surface area contributed by atoms with Crippen molar-refractivity contribution in [1.82, 2.24) is 9.80 Å². The molecule has 2 saturated heterocycles. The lowest BCUT2D eigenvalue weighted by Gasteiger charge is -2.34. The van der Waals surface area contributed by atoms with Gasteiger partial charge in [-0.25, -0.2) is 0 Å². The van der Waals surface area contributed by atoms with Gasteiger partial charge in [0.1, 0.15) is 20.1 Å². The standard InChI is InChI=1S/C22H36N2O6S4/c1-15(25)29-13-9-17-21(3,27)23(19(31)33-17)11-7-5-6-8-12-24-20(32)34-18(22(24,4)28)10-14-30-16(2)26/h17-18,27-28H,5-14H2,1-4H3. The zero-order valence-electron chi connectivity index (χ0n) is 20.3. The molecule has 2 N–H and O–H groups in total. The Kier molecular flexibility index (Phi) is 11.3. The summed E-state index contributed by atoms with van der Waals surface area (Å²) >= 11 is 13.9. The van der Waals surface area contributed by atoms with Gasteiger partial charge in [0, 0.05) is 26.9 Å². The maximum atomic E-state index is 11.0. The quantitative estimate of drug-likeness (QED) is 0.199. The molecule has 0 aliphatic carbocycles. The summed E-state index contributed by atoms with van der Waals surface area (Å²) < 4.78 is 11.4. The Hall–Kier alpha value is -0.660. The maximum Gasteiger partial charge on any atom is 0.302 e. The van der Waals surface area contributed by atoms with Gasteiger partial charge in [-0.15, -0.1) is 0 Å². The van der Waals surface area contributed by atoms with Crippen LogP contribution in [-0.4, -0.2) is 88.8 Å². The van der Waals surface area contributed by atoms with Crippen LogP contribution in [0.2, 0.25) is 0 Å². The van der Waals surface area contributed by atoms with Crippen LogP contribution in [0.5, 0.6) is 0 Å². The number of hydrogen-bond acceptors (Lipinski definition) is 10. The first-order valence-corrected chi connectivity index (χ1v) is 14.1. The van der Waals surface area contributed by atoms with Gasteiger partial charge in [0.05, 0.1) is 23.7 Å². The Balaban J connectivity index is 1.70. The first-order chi connectivity index (χ1) is 15.9. The maximum absolute atomic E-state index is 11.0. The predicted octanol–water partition coefficient (Wildman–Crippen LogP) is 3.27. The molecule has 2 fully saturated rings. The molecule has 12 heteroatoms. The molecule has 0 spiro atoms. The van der Waals surface area contributed by atoms with E-state index in [1.807, 2.05) is 9.80 Å². The van der Waals surface area contributed by atoms with Gasteiger partial charge in [0.25, 0.3) is 0 Å². The fourth-order valence-corrected chi connectivity index (χ4v) is 7.80. The monoisotopic (exact) mass is 552 g/mol. The number of aliphatic hydroxyl groups is 2. The van der Waals surface area contributed by atoms with E-state index in [0.717, 1.165) is 25.7 Å². The molecule has 34 heavy (non-hydrogen) atoms. The normalized spacial score (nSPS) is 29.1. The number of thiocarbonyl (C=S) groups is 2. The molecular formula is C22H36N2O6S4. The molecule has 8 nitrogen and oxygen atoms in total. The minimum Gasteiger partial charge on any atom is -0.466 e. The van der Waals surface area contributed by atoms with Gasteiger partial charge in [-0.2, -0.15) is 0 Å². The van der Waals surface area contributed by atoms with Crippen molar-refractivity contribution in [2.24, 2.45) is 0 Å². The highest BCUT2D eigenvalue weighted by Crippen LogP contribution is 2.41. The number of carbonyl (C=O) groups is 2. The van der Waals surface area contributed by atoms with Crippen molar-refractivity contribution in [2.75, 3.05) is 26.3 Å². The second-order valence-electron chi connectivity index (χ2n) is 8.91. The van der Waals surface area contributed by atoms with Crippen molar-refractivity contribution in [3.05, 3.63) is 0 Å². The highest BCUT2D eigenvalue weighted by Gasteiger charge is 2.47. The molecule has 0 aromatic carbocycles. The van der Waals surface area contributed by atoms with Crippen LogP contribution in [0.3, 0.4) is 0 Å². The van der Waals surface area contributed by atoms with E-state index in [2.05, 4.69) is 0 Å². The number of unbranched alkanes of at least 4 members (excludes halogenated alkanes) is 3. The lowest BCUT2D eigenvalue weighted by molar-refractivity contribution is -0.142. The van der Waals surface area contributed by atoms with E-state index < -0.39 is 11.4 Å². The Bertz CT molecular complexity index is 702. The third-order valence-electron chi connectivity index (χ3n) is 6.12. The van der Waals surface area contributed by atoms with Crippen LogP contribution in [-0.2, 0) is 19.1 Å². The molecule has 2 aliphatic rings. The third kappa shape index (κ3) is 7.92. The fourth-order valence-electron chi connectivity index (χ4n) is 4.12. The van der Waals surface area contributed by atoms with Gasteiger partial charge in [-0.05, 0) is 39.5 Å². The molecule has 0 aromatic heterocycles.